The Balaban J connectivity index is 2.12. The lowest BCUT2D eigenvalue weighted by atomic mass is 10.1. The molecule has 82 valence electrons. The van der Waals surface area contributed by atoms with Crippen LogP contribution < -0.4 is 5.32 Å². The lowest BCUT2D eigenvalue weighted by Gasteiger charge is -2.18. The van der Waals surface area contributed by atoms with E-state index < -0.39 is 6.10 Å². The average Bonchev–Trinajstić information content (AvgIpc) is 2.58. The highest BCUT2D eigenvalue weighted by Gasteiger charge is 2.26. The molecule has 2 atom stereocenters. The van der Waals surface area contributed by atoms with Gasteiger partial charge in [-0.1, -0.05) is 12.1 Å². The fourth-order valence-electron chi connectivity index (χ4n) is 1.77. The van der Waals surface area contributed by atoms with Crippen molar-refractivity contribution in [2.75, 3.05) is 18.5 Å². The van der Waals surface area contributed by atoms with Crippen molar-refractivity contribution in [3.05, 3.63) is 29.3 Å². The maximum Gasteiger partial charge on any atom is 0.0996 e. The Bertz CT molecular complexity index is 351. The number of benzene rings is 1. The van der Waals surface area contributed by atoms with Crippen molar-refractivity contribution >= 4 is 5.69 Å². The van der Waals surface area contributed by atoms with Gasteiger partial charge in [0.2, 0.25) is 0 Å². The molecule has 1 heterocycles. The molecule has 0 aliphatic carbocycles. The first-order valence-corrected chi connectivity index (χ1v) is 5.26. The van der Waals surface area contributed by atoms with Crippen LogP contribution in [-0.4, -0.2) is 30.5 Å². The van der Waals surface area contributed by atoms with Crippen LogP contribution in [0.25, 0.3) is 0 Å². The van der Waals surface area contributed by atoms with E-state index in [0.717, 1.165) is 5.69 Å². The molecule has 0 amide bonds. The Kier molecular flexibility index (Phi) is 2.93. The highest BCUT2D eigenvalue weighted by atomic mass is 16.5. The van der Waals surface area contributed by atoms with E-state index >= 15 is 0 Å². The summed E-state index contributed by atoms with van der Waals surface area (Å²) in [5.74, 6) is 0. The maximum atomic E-state index is 9.62. The van der Waals surface area contributed by atoms with Gasteiger partial charge in [0.25, 0.3) is 0 Å². The molecule has 2 unspecified atom stereocenters. The van der Waals surface area contributed by atoms with Crippen molar-refractivity contribution in [1.82, 2.24) is 0 Å². The van der Waals surface area contributed by atoms with Crippen molar-refractivity contribution in [3.63, 3.8) is 0 Å². The Labute approximate surface area is 90.1 Å². The van der Waals surface area contributed by atoms with Gasteiger partial charge in [0.15, 0.2) is 0 Å². The molecular formula is C12H17NO2. The highest BCUT2D eigenvalue weighted by Crippen LogP contribution is 2.19. The van der Waals surface area contributed by atoms with Gasteiger partial charge in [-0.05, 0) is 31.0 Å². The molecule has 1 aliphatic heterocycles. The van der Waals surface area contributed by atoms with Crippen LogP contribution >= 0.6 is 0 Å². The first kappa shape index (κ1) is 10.5. The molecule has 0 spiro atoms. The third kappa shape index (κ3) is 2.30. The van der Waals surface area contributed by atoms with Crippen LogP contribution in [0.4, 0.5) is 5.69 Å². The maximum absolute atomic E-state index is 9.62. The number of ether oxygens (including phenoxy) is 1. The van der Waals surface area contributed by atoms with Gasteiger partial charge >= 0.3 is 0 Å². The first-order chi connectivity index (χ1) is 7.16. The summed E-state index contributed by atoms with van der Waals surface area (Å²) in [6, 6.07) is 6.29. The zero-order valence-corrected chi connectivity index (χ0v) is 9.16. The third-order valence-corrected chi connectivity index (χ3v) is 2.78. The molecule has 0 radical (unpaired) electrons. The Morgan fingerprint density at radius 1 is 1.33 bits per heavy atom. The van der Waals surface area contributed by atoms with Crippen molar-refractivity contribution in [2.45, 2.75) is 26.0 Å². The minimum atomic E-state index is -0.398. The molecule has 0 bridgehead atoms. The van der Waals surface area contributed by atoms with Crippen LogP contribution in [0.1, 0.15) is 11.1 Å². The quantitative estimate of drug-likeness (QED) is 0.771. The van der Waals surface area contributed by atoms with Gasteiger partial charge in [-0.2, -0.15) is 0 Å². The minimum absolute atomic E-state index is 0.0190. The van der Waals surface area contributed by atoms with E-state index in [1.54, 1.807) is 0 Å². The molecule has 1 aromatic carbocycles. The van der Waals surface area contributed by atoms with Gasteiger partial charge in [0, 0.05) is 5.69 Å². The van der Waals surface area contributed by atoms with Crippen LogP contribution in [0.5, 0.6) is 0 Å². The van der Waals surface area contributed by atoms with Crippen LogP contribution in [0, 0.1) is 13.8 Å². The van der Waals surface area contributed by atoms with Gasteiger partial charge in [-0.25, -0.2) is 0 Å². The van der Waals surface area contributed by atoms with Crippen LogP contribution in [0.15, 0.2) is 18.2 Å². The number of aliphatic hydroxyl groups excluding tert-OH is 1. The molecule has 0 aromatic heterocycles. The molecule has 1 saturated heterocycles. The second kappa shape index (κ2) is 4.21. The standard InChI is InChI=1S/C12H17NO2/c1-8-3-4-9(2)10(5-8)13-11-6-15-7-12(11)14/h3-5,11-14H,6-7H2,1-2H3. The molecule has 3 heteroatoms. The normalized spacial score (nSPS) is 25.5. The van der Waals surface area contributed by atoms with Crippen molar-refractivity contribution < 1.29 is 9.84 Å². The lowest BCUT2D eigenvalue weighted by molar-refractivity contribution is 0.125. The topological polar surface area (TPSA) is 41.5 Å². The predicted octanol–water partition coefficient (Wildman–Crippen LogP) is 1.48. The molecule has 2 rings (SSSR count). The number of aliphatic hydroxyl groups is 1. The smallest absolute Gasteiger partial charge is 0.0996 e. The van der Waals surface area contributed by atoms with E-state index in [2.05, 4.69) is 37.4 Å². The second-order valence-electron chi connectivity index (χ2n) is 4.17. The highest BCUT2D eigenvalue weighted by molar-refractivity contribution is 5.53. The Hall–Kier alpha value is -1.06. The van der Waals surface area contributed by atoms with E-state index in [1.165, 1.54) is 11.1 Å². The van der Waals surface area contributed by atoms with E-state index in [-0.39, 0.29) is 6.04 Å². The molecule has 1 aliphatic rings. The fraction of sp³-hybridized carbons (Fsp3) is 0.500. The first-order valence-electron chi connectivity index (χ1n) is 5.26. The van der Waals surface area contributed by atoms with Crippen molar-refractivity contribution in [3.8, 4) is 0 Å². The van der Waals surface area contributed by atoms with Gasteiger partial charge in [0.1, 0.15) is 0 Å². The lowest BCUT2D eigenvalue weighted by Crippen LogP contribution is -2.32. The molecule has 2 N–H and O–H groups in total. The number of aryl methyl sites for hydroxylation is 2. The third-order valence-electron chi connectivity index (χ3n) is 2.78. The van der Waals surface area contributed by atoms with E-state index in [0.29, 0.717) is 13.2 Å². The molecular weight excluding hydrogens is 190 g/mol. The number of rotatable bonds is 2. The van der Waals surface area contributed by atoms with Crippen LogP contribution in [-0.2, 0) is 4.74 Å². The van der Waals surface area contributed by atoms with E-state index in [9.17, 15) is 5.11 Å². The fourth-order valence-corrected chi connectivity index (χ4v) is 1.77. The summed E-state index contributed by atoms with van der Waals surface area (Å²) in [4.78, 5) is 0. The number of hydrogen-bond donors (Lipinski definition) is 2. The summed E-state index contributed by atoms with van der Waals surface area (Å²) in [7, 11) is 0. The zero-order chi connectivity index (χ0) is 10.8. The summed E-state index contributed by atoms with van der Waals surface area (Å²) < 4.78 is 5.20. The van der Waals surface area contributed by atoms with Crippen molar-refractivity contribution in [1.29, 1.82) is 0 Å². The zero-order valence-electron chi connectivity index (χ0n) is 9.16. The summed E-state index contributed by atoms with van der Waals surface area (Å²) in [6.07, 6.45) is -0.398. The van der Waals surface area contributed by atoms with E-state index in [1.807, 2.05) is 0 Å². The van der Waals surface area contributed by atoms with Gasteiger partial charge < -0.3 is 15.2 Å². The van der Waals surface area contributed by atoms with Crippen molar-refractivity contribution in [2.24, 2.45) is 0 Å². The molecule has 1 aromatic rings. The van der Waals surface area contributed by atoms with Crippen LogP contribution in [0.2, 0.25) is 0 Å². The monoisotopic (exact) mass is 207 g/mol. The SMILES string of the molecule is Cc1ccc(C)c(NC2COCC2O)c1. The summed E-state index contributed by atoms with van der Waals surface area (Å²) in [5, 5.41) is 12.9. The Morgan fingerprint density at radius 3 is 2.80 bits per heavy atom. The molecule has 3 nitrogen and oxygen atoms in total. The summed E-state index contributed by atoms with van der Waals surface area (Å²) in [6.45, 7) is 5.13. The number of anilines is 1. The number of hydrogen-bond acceptors (Lipinski definition) is 3. The molecule has 15 heavy (non-hydrogen) atoms. The minimum Gasteiger partial charge on any atom is -0.388 e. The van der Waals surface area contributed by atoms with Crippen LogP contribution in [0.3, 0.4) is 0 Å². The summed E-state index contributed by atoms with van der Waals surface area (Å²) >= 11 is 0. The molecule has 0 saturated carbocycles. The molecule has 1 fully saturated rings. The Morgan fingerprint density at radius 2 is 2.13 bits per heavy atom. The summed E-state index contributed by atoms with van der Waals surface area (Å²) in [5.41, 5.74) is 3.50. The van der Waals surface area contributed by atoms with Gasteiger partial charge in [-0.15, -0.1) is 0 Å². The second-order valence-corrected chi connectivity index (χ2v) is 4.17. The largest absolute Gasteiger partial charge is 0.388 e. The van der Waals surface area contributed by atoms with Gasteiger partial charge in [-0.3, -0.25) is 0 Å². The van der Waals surface area contributed by atoms with Gasteiger partial charge in [0.05, 0.1) is 25.4 Å². The number of nitrogens with one attached hydrogen (secondary N) is 1. The van der Waals surface area contributed by atoms with E-state index in [4.69, 9.17) is 4.74 Å². The predicted molar refractivity (Wildman–Crippen MR) is 60.2 cm³/mol. The average molecular weight is 207 g/mol.